The van der Waals surface area contributed by atoms with Crippen LogP contribution in [0.25, 0.3) is 10.6 Å². The van der Waals surface area contributed by atoms with Gasteiger partial charge in [-0.3, -0.25) is 5.10 Å². The van der Waals surface area contributed by atoms with E-state index in [1.54, 1.807) is 11.3 Å². The van der Waals surface area contributed by atoms with Gasteiger partial charge < -0.3 is 5.73 Å². The molecule has 0 aliphatic rings. The Labute approximate surface area is 74.2 Å². The van der Waals surface area contributed by atoms with Gasteiger partial charge in [-0.1, -0.05) is 6.07 Å². The van der Waals surface area contributed by atoms with E-state index in [2.05, 4.69) is 16.3 Å². The molecule has 0 unspecified atom stereocenters. The van der Waals surface area contributed by atoms with Crippen LogP contribution in [0.15, 0.2) is 23.6 Å². The Morgan fingerprint density at radius 2 is 2.50 bits per heavy atom. The molecule has 4 heteroatoms. The summed E-state index contributed by atoms with van der Waals surface area (Å²) in [4.78, 5) is 1.20. The van der Waals surface area contributed by atoms with Crippen molar-refractivity contribution in [3.05, 3.63) is 29.3 Å². The Morgan fingerprint density at radius 1 is 1.58 bits per heavy atom. The first-order valence-electron chi connectivity index (χ1n) is 3.68. The van der Waals surface area contributed by atoms with Crippen LogP contribution in [0.3, 0.4) is 0 Å². The molecule has 3 nitrogen and oxygen atoms in total. The van der Waals surface area contributed by atoms with E-state index in [4.69, 9.17) is 5.73 Å². The average molecular weight is 179 g/mol. The summed E-state index contributed by atoms with van der Waals surface area (Å²) in [5.74, 6) is 0. The van der Waals surface area contributed by atoms with Gasteiger partial charge in [0.25, 0.3) is 0 Å². The van der Waals surface area contributed by atoms with Gasteiger partial charge in [0, 0.05) is 6.54 Å². The number of rotatable bonds is 2. The zero-order chi connectivity index (χ0) is 8.39. The lowest BCUT2D eigenvalue weighted by molar-refractivity contribution is 0.949. The van der Waals surface area contributed by atoms with Crippen LogP contribution in [0.4, 0.5) is 0 Å². The molecule has 0 bridgehead atoms. The predicted octanol–water partition coefficient (Wildman–Crippen LogP) is 1.60. The van der Waals surface area contributed by atoms with Gasteiger partial charge in [0.2, 0.25) is 0 Å². The van der Waals surface area contributed by atoms with E-state index in [-0.39, 0.29) is 0 Å². The smallest absolute Gasteiger partial charge is 0.0764 e. The van der Waals surface area contributed by atoms with E-state index >= 15 is 0 Å². The molecular weight excluding hydrogens is 170 g/mol. The highest BCUT2D eigenvalue weighted by molar-refractivity contribution is 7.13. The van der Waals surface area contributed by atoms with Gasteiger partial charge in [0.15, 0.2) is 0 Å². The molecule has 3 N–H and O–H groups in total. The molecule has 0 fully saturated rings. The highest BCUT2D eigenvalue weighted by Crippen LogP contribution is 2.22. The Kier molecular flexibility index (Phi) is 1.93. The summed E-state index contributed by atoms with van der Waals surface area (Å²) in [6, 6.07) is 6.05. The number of nitrogens with two attached hydrogens (primary N) is 1. The number of thiophene rings is 1. The summed E-state index contributed by atoms with van der Waals surface area (Å²) < 4.78 is 0. The molecule has 0 aliphatic carbocycles. The molecule has 2 rings (SSSR count). The topological polar surface area (TPSA) is 54.7 Å². The molecule has 62 valence electrons. The molecule has 2 aromatic rings. The van der Waals surface area contributed by atoms with Crippen LogP contribution in [0.5, 0.6) is 0 Å². The predicted molar refractivity (Wildman–Crippen MR) is 49.8 cm³/mol. The van der Waals surface area contributed by atoms with Gasteiger partial charge in [-0.05, 0) is 17.5 Å². The van der Waals surface area contributed by atoms with Gasteiger partial charge in [0.05, 0.1) is 16.3 Å². The van der Waals surface area contributed by atoms with Crippen LogP contribution < -0.4 is 5.73 Å². The highest BCUT2D eigenvalue weighted by atomic mass is 32.1. The maximum absolute atomic E-state index is 5.44. The minimum Gasteiger partial charge on any atom is -0.325 e. The molecule has 2 heterocycles. The molecule has 0 saturated carbocycles. The van der Waals surface area contributed by atoms with Gasteiger partial charge in [-0.15, -0.1) is 11.3 Å². The first kappa shape index (κ1) is 7.52. The van der Waals surface area contributed by atoms with E-state index in [0.29, 0.717) is 6.54 Å². The third kappa shape index (κ3) is 1.26. The Hall–Kier alpha value is -1.13. The monoisotopic (exact) mass is 179 g/mol. The lowest BCUT2D eigenvalue weighted by atomic mass is 10.3. The lowest BCUT2D eigenvalue weighted by Gasteiger charge is -1.86. The van der Waals surface area contributed by atoms with E-state index in [0.717, 1.165) is 11.4 Å². The summed E-state index contributed by atoms with van der Waals surface area (Å²) in [5, 5.41) is 9.03. The van der Waals surface area contributed by atoms with Crippen LogP contribution in [-0.4, -0.2) is 10.2 Å². The van der Waals surface area contributed by atoms with Crippen LogP contribution in [0.1, 0.15) is 5.69 Å². The zero-order valence-electron chi connectivity index (χ0n) is 6.45. The van der Waals surface area contributed by atoms with Crippen LogP contribution in [-0.2, 0) is 6.54 Å². The normalized spacial score (nSPS) is 10.4. The second-order valence-corrected chi connectivity index (χ2v) is 3.40. The number of nitrogens with one attached hydrogen (secondary N) is 1. The molecule has 0 atom stereocenters. The number of nitrogens with zero attached hydrogens (tertiary/aromatic N) is 1. The van der Waals surface area contributed by atoms with Crippen molar-refractivity contribution >= 4 is 11.3 Å². The fourth-order valence-electron chi connectivity index (χ4n) is 1.03. The molecule has 12 heavy (non-hydrogen) atoms. The third-order valence-corrected chi connectivity index (χ3v) is 2.53. The molecular formula is C8H9N3S. The van der Waals surface area contributed by atoms with Crippen molar-refractivity contribution in [3.63, 3.8) is 0 Å². The van der Waals surface area contributed by atoms with Crippen molar-refractivity contribution in [1.82, 2.24) is 10.2 Å². The van der Waals surface area contributed by atoms with Crippen LogP contribution in [0, 0.1) is 0 Å². The highest BCUT2D eigenvalue weighted by Gasteiger charge is 2.01. The maximum atomic E-state index is 5.44. The molecule has 0 spiro atoms. The van der Waals surface area contributed by atoms with E-state index < -0.39 is 0 Å². The van der Waals surface area contributed by atoms with Crippen LogP contribution in [0.2, 0.25) is 0 Å². The van der Waals surface area contributed by atoms with E-state index in [1.807, 2.05) is 17.5 Å². The minimum absolute atomic E-state index is 0.488. The average Bonchev–Trinajstić information content (AvgIpc) is 2.75. The number of aromatic nitrogens is 2. The molecule has 0 aromatic carbocycles. The maximum Gasteiger partial charge on any atom is 0.0764 e. The van der Waals surface area contributed by atoms with Crippen molar-refractivity contribution in [2.45, 2.75) is 6.54 Å². The van der Waals surface area contributed by atoms with E-state index in [1.165, 1.54) is 4.88 Å². The Balaban J connectivity index is 2.35. The Bertz CT molecular complexity index is 350. The summed E-state index contributed by atoms with van der Waals surface area (Å²) in [7, 11) is 0. The van der Waals surface area contributed by atoms with Crippen molar-refractivity contribution < 1.29 is 0 Å². The molecule has 0 saturated heterocycles. The summed E-state index contributed by atoms with van der Waals surface area (Å²) in [6.45, 7) is 0.488. The van der Waals surface area contributed by atoms with Gasteiger partial charge in [-0.2, -0.15) is 5.10 Å². The minimum atomic E-state index is 0.488. The fraction of sp³-hybridized carbons (Fsp3) is 0.125. The largest absolute Gasteiger partial charge is 0.325 e. The van der Waals surface area contributed by atoms with Crippen molar-refractivity contribution in [1.29, 1.82) is 0 Å². The third-order valence-electron chi connectivity index (χ3n) is 1.63. The summed E-state index contributed by atoms with van der Waals surface area (Å²) >= 11 is 1.69. The van der Waals surface area contributed by atoms with Gasteiger partial charge in [0.1, 0.15) is 0 Å². The quantitative estimate of drug-likeness (QED) is 0.735. The standard InChI is InChI=1S/C8H9N3S/c9-5-6-4-7(11-10-6)8-2-1-3-12-8/h1-4H,5,9H2,(H,10,11). The SMILES string of the molecule is NCc1cc(-c2cccs2)[nH]n1. The van der Waals surface area contributed by atoms with Gasteiger partial charge >= 0.3 is 0 Å². The van der Waals surface area contributed by atoms with Crippen molar-refractivity contribution in [3.8, 4) is 10.6 Å². The molecule has 2 aromatic heterocycles. The number of aromatic amines is 1. The molecule has 0 aliphatic heterocycles. The van der Waals surface area contributed by atoms with Gasteiger partial charge in [-0.25, -0.2) is 0 Å². The van der Waals surface area contributed by atoms with Crippen LogP contribution >= 0.6 is 11.3 Å². The fourth-order valence-corrected chi connectivity index (χ4v) is 1.72. The number of H-pyrrole nitrogens is 1. The summed E-state index contributed by atoms with van der Waals surface area (Å²) in [6.07, 6.45) is 0. The second-order valence-electron chi connectivity index (χ2n) is 2.45. The van der Waals surface area contributed by atoms with Crippen molar-refractivity contribution in [2.24, 2.45) is 5.73 Å². The number of hydrogen-bond acceptors (Lipinski definition) is 3. The zero-order valence-corrected chi connectivity index (χ0v) is 7.27. The Morgan fingerprint density at radius 3 is 3.08 bits per heavy atom. The first-order chi connectivity index (χ1) is 5.90. The molecule has 0 amide bonds. The number of hydrogen-bond donors (Lipinski definition) is 2. The molecule has 0 radical (unpaired) electrons. The second kappa shape index (κ2) is 3.08. The first-order valence-corrected chi connectivity index (χ1v) is 4.56. The van der Waals surface area contributed by atoms with Crippen molar-refractivity contribution in [2.75, 3.05) is 0 Å². The lowest BCUT2D eigenvalue weighted by Crippen LogP contribution is -1.95. The van der Waals surface area contributed by atoms with E-state index in [9.17, 15) is 0 Å². The summed E-state index contributed by atoms with van der Waals surface area (Å²) in [5.41, 5.74) is 7.39.